The van der Waals surface area contributed by atoms with Crippen LogP contribution >= 0.6 is 0 Å². The van der Waals surface area contributed by atoms with Crippen LogP contribution in [0.15, 0.2) is 18.3 Å². The minimum atomic E-state index is -0.701. The molecule has 6 nitrogen and oxygen atoms in total. The standard InChI is InChI=1S/C13H16N2O4/c1-9-4-3-5-14-11(9)12(16)15-6-7-19-8-10(15)13(17)18-2/h3-5,10H,6-8H2,1-2H3. The summed E-state index contributed by atoms with van der Waals surface area (Å²) in [4.78, 5) is 29.7. The Labute approximate surface area is 111 Å². The molecule has 0 radical (unpaired) electrons. The van der Waals surface area contributed by atoms with E-state index in [9.17, 15) is 9.59 Å². The molecule has 2 rings (SSSR count). The third-order valence-corrected chi connectivity index (χ3v) is 3.07. The fraction of sp³-hybridized carbons (Fsp3) is 0.462. The number of ether oxygens (including phenoxy) is 2. The first-order valence-electron chi connectivity index (χ1n) is 6.03. The number of aryl methyl sites for hydroxylation is 1. The van der Waals surface area contributed by atoms with Crippen LogP contribution in [0.25, 0.3) is 0 Å². The van der Waals surface area contributed by atoms with Gasteiger partial charge in [0.1, 0.15) is 5.69 Å². The number of rotatable bonds is 2. The van der Waals surface area contributed by atoms with Crippen LogP contribution in [-0.4, -0.2) is 54.7 Å². The highest BCUT2D eigenvalue weighted by Gasteiger charge is 2.34. The van der Waals surface area contributed by atoms with E-state index in [1.54, 1.807) is 12.3 Å². The SMILES string of the molecule is COC(=O)C1COCCN1C(=O)c1ncccc1C. The van der Waals surface area contributed by atoms with Crippen LogP contribution in [0.1, 0.15) is 16.1 Å². The summed E-state index contributed by atoms with van der Waals surface area (Å²) >= 11 is 0. The fourth-order valence-electron chi connectivity index (χ4n) is 2.02. The van der Waals surface area contributed by atoms with Crippen molar-refractivity contribution >= 4 is 11.9 Å². The zero-order valence-electron chi connectivity index (χ0n) is 11.0. The number of morpholine rings is 1. The summed E-state index contributed by atoms with van der Waals surface area (Å²) < 4.78 is 9.94. The lowest BCUT2D eigenvalue weighted by atomic mass is 10.1. The lowest BCUT2D eigenvalue weighted by molar-refractivity contribution is -0.151. The number of pyridine rings is 1. The van der Waals surface area contributed by atoms with Crippen molar-refractivity contribution in [2.75, 3.05) is 26.9 Å². The van der Waals surface area contributed by atoms with Crippen molar-refractivity contribution in [3.05, 3.63) is 29.6 Å². The predicted molar refractivity (Wildman–Crippen MR) is 66.6 cm³/mol. The van der Waals surface area contributed by atoms with E-state index in [2.05, 4.69) is 4.98 Å². The van der Waals surface area contributed by atoms with Gasteiger partial charge in [-0.1, -0.05) is 6.07 Å². The molecule has 102 valence electrons. The first kappa shape index (κ1) is 13.5. The molecule has 1 aromatic heterocycles. The summed E-state index contributed by atoms with van der Waals surface area (Å²) in [5.41, 5.74) is 1.14. The topological polar surface area (TPSA) is 68.7 Å². The molecule has 0 aromatic carbocycles. The van der Waals surface area contributed by atoms with Crippen molar-refractivity contribution in [3.8, 4) is 0 Å². The van der Waals surface area contributed by atoms with Gasteiger partial charge in [-0.05, 0) is 18.6 Å². The highest BCUT2D eigenvalue weighted by Crippen LogP contribution is 2.14. The molecule has 1 aromatic rings. The number of nitrogens with zero attached hydrogens (tertiary/aromatic N) is 2. The molecule has 0 N–H and O–H groups in total. The number of esters is 1. The van der Waals surface area contributed by atoms with Gasteiger partial charge in [-0.15, -0.1) is 0 Å². The maximum atomic E-state index is 12.5. The van der Waals surface area contributed by atoms with Gasteiger partial charge in [0.2, 0.25) is 0 Å². The second-order valence-electron chi connectivity index (χ2n) is 4.28. The van der Waals surface area contributed by atoms with E-state index < -0.39 is 12.0 Å². The number of aromatic nitrogens is 1. The average molecular weight is 264 g/mol. The van der Waals surface area contributed by atoms with Crippen LogP contribution in [0.5, 0.6) is 0 Å². The van der Waals surface area contributed by atoms with E-state index in [0.717, 1.165) is 5.56 Å². The van der Waals surface area contributed by atoms with Gasteiger partial charge in [0, 0.05) is 12.7 Å². The van der Waals surface area contributed by atoms with Crippen LogP contribution in [-0.2, 0) is 14.3 Å². The van der Waals surface area contributed by atoms with Gasteiger partial charge in [0.15, 0.2) is 6.04 Å². The highest BCUT2D eigenvalue weighted by molar-refractivity contribution is 5.96. The Kier molecular flexibility index (Phi) is 4.11. The maximum Gasteiger partial charge on any atom is 0.331 e. The van der Waals surface area contributed by atoms with Crippen LogP contribution in [0.3, 0.4) is 0 Å². The fourth-order valence-corrected chi connectivity index (χ4v) is 2.02. The van der Waals surface area contributed by atoms with Crippen LogP contribution in [0, 0.1) is 6.92 Å². The Balaban J connectivity index is 2.25. The van der Waals surface area contributed by atoms with Gasteiger partial charge in [-0.25, -0.2) is 4.79 Å². The minimum Gasteiger partial charge on any atom is -0.467 e. The molecular weight excluding hydrogens is 248 g/mol. The van der Waals surface area contributed by atoms with Crippen molar-refractivity contribution in [1.29, 1.82) is 0 Å². The van der Waals surface area contributed by atoms with E-state index in [-0.39, 0.29) is 12.5 Å². The molecule has 0 aliphatic carbocycles. The first-order chi connectivity index (χ1) is 9.15. The van der Waals surface area contributed by atoms with Crippen molar-refractivity contribution in [3.63, 3.8) is 0 Å². The quantitative estimate of drug-likeness (QED) is 0.723. The molecule has 0 saturated carbocycles. The third-order valence-electron chi connectivity index (χ3n) is 3.07. The predicted octanol–water partition coefficient (Wildman–Crippen LogP) is 0.404. The second-order valence-corrected chi connectivity index (χ2v) is 4.28. The maximum absolute atomic E-state index is 12.5. The molecule has 1 atom stereocenters. The Morgan fingerprint density at radius 2 is 2.32 bits per heavy atom. The minimum absolute atomic E-state index is 0.157. The summed E-state index contributed by atoms with van der Waals surface area (Å²) in [6, 6.07) is 2.88. The van der Waals surface area contributed by atoms with Gasteiger partial charge < -0.3 is 14.4 Å². The lowest BCUT2D eigenvalue weighted by Gasteiger charge is -2.33. The Bertz CT molecular complexity index is 489. The molecule has 19 heavy (non-hydrogen) atoms. The van der Waals surface area contributed by atoms with Crippen LogP contribution < -0.4 is 0 Å². The molecule has 1 fully saturated rings. The summed E-state index contributed by atoms with van der Waals surface area (Å²) in [7, 11) is 1.30. The van der Waals surface area contributed by atoms with E-state index in [0.29, 0.717) is 18.8 Å². The van der Waals surface area contributed by atoms with Crippen molar-refractivity contribution in [2.45, 2.75) is 13.0 Å². The normalized spacial score (nSPS) is 19.1. The number of methoxy groups -OCH3 is 1. The monoisotopic (exact) mass is 264 g/mol. The van der Waals surface area contributed by atoms with Crippen LogP contribution in [0.4, 0.5) is 0 Å². The number of carbonyl (C=O) groups is 2. The summed E-state index contributed by atoms with van der Waals surface area (Å²) in [5.74, 6) is -0.738. The molecule has 1 aliphatic heterocycles. The Morgan fingerprint density at radius 1 is 1.53 bits per heavy atom. The van der Waals surface area contributed by atoms with Crippen LogP contribution in [0.2, 0.25) is 0 Å². The zero-order chi connectivity index (χ0) is 13.8. The molecule has 1 aliphatic rings. The van der Waals surface area contributed by atoms with Crippen molar-refractivity contribution < 1.29 is 19.1 Å². The smallest absolute Gasteiger partial charge is 0.331 e. The third kappa shape index (κ3) is 2.73. The molecule has 1 amide bonds. The van der Waals surface area contributed by atoms with Gasteiger partial charge in [-0.3, -0.25) is 9.78 Å². The number of hydrogen-bond acceptors (Lipinski definition) is 5. The number of carbonyl (C=O) groups excluding carboxylic acids is 2. The first-order valence-corrected chi connectivity index (χ1v) is 6.03. The molecule has 2 heterocycles. The van der Waals surface area contributed by atoms with Crippen molar-refractivity contribution in [1.82, 2.24) is 9.88 Å². The van der Waals surface area contributed by atoms with Gasteiger partial charge in [0.25, 0.3) is 5.91 Å². The number of hydrogen-bond donors (Lipinski definition) is 0. The molecule has 6 heteroatoms. The van der Waals surface area contributed by atoms with Crippen molar-refractivity contribution in [2.24, 2.45) is 0 Å². The van der Waals surface area contributed by atoms with Gasteiger partial charge in [-0.2, -0.15) is 0 Å². The Hall–Kier alpha value is -1.95. The lowest BCUT2D eigenvalue weighted by Crippen LogP contribution is -2.53. The second kappa shape index (κ2) is 5.79. The van der Waals surface area contributed by atoms with E-state index in [1.807, 2.05) is 13.0 Å². The zero-order valence-corrected chi connectivity index (χ0v) is 11.0. The summed E-state index contributed by atoms with van der Waals surface area (Å²) in [5, 5.41) is 0. The van der Waals surface area contributed by atoms with E-state index >= 15 is 0 Å². The molecule has 0 spiro atoms. The average Bonchev–Trinajstić information content (AvgIpc) is 2.46. The van der Waals surface area contributed by atoms with Gasteiger partial charge in [0.05, 0.1) is 20.3 Å². The number of amides is 1. The molecule has 1 unspecified atom stereocenters. The molecular formula is C13H16N2O4. The largest absolute Gasteiger partial charge is 0.467 e. The van der Waals surface area contributed by atoms with Gasteiger partial charge >= 0.3 is 5.97 Å². The highest BCUT2D eigenvalue weighted by atomic mass is 16.5. The van der Waals surface area contributed by atoms with E-state index in [4.69, 9.17) is 9.47 Å². The Morgan fingerprint density at radius 3 is 3.00 bits per heavy atom. The molecule has 1 saturated heterocycles. The molecule has 0 bridgehead atoms. The summed E-state index contributed by atoms with van der Waals surface area (Å²) in [6.07, 6.45) is 1.56. The van der Waals surface area contributed by atoms with E-state index in [1.165, 1.54) is 12.0 Å². The summed E-state index contributed by atoms with van der Waals surface area (Å²) in [6.45, 7) is 2.73.